The van der Waals surface area contributed by atoms with Crippen LogP contribution in [0.15, 0.2) is 18.2 Å². The van der Waals surface area contributed by atoms with Gasteiger partial charge in [-0.1, -0.05) is 17.7 Å². The summed E-state index contributed by atoms with van der Waals surface area (Å²) in [5.74, 6) is -0.486. The molecule has 21 heavy (non-hydrogen) atoms. The fourth-order valence-electron chi connectivity index (χ4n) is 2.36. The number of nitrogens with zero attached hydrogens (tertiary/aromatic N) is 1. The number of benzene rings is 1. The minimum atomic E-state index is -0.637. The zero-order valence-corrected chi connectivity index (χ0v) is 12.3. The predicted octanol–water partition coefficient (Wildman–Crippen LogP) is 2.94. The average Bonchev–Trinajstić information content (AvgIpc) is 2.47. The highest BCUT2D eigenvalue weighted by atomic mass is 35.5. The van der Waals surface area contributed by atoms with Crippen LogP contribution in [0.3, 0.4) is 0 Å². The highest BCUT2D eigenvalue weighted by Crippen LogP contribution is 2.28. The van der Waals surface area contributed by atoms with Crippen molar-refractivity contribution >= 4 is 23.2 Å². The largest absolute Gasteiger partial charge is 0.378 e. The average molecular weight is 313 g/mol. The molecule has 0 spiro atoms. The van der Waals surface area contributed by atoms with Gasteiger partial charge in [0.2, 0.25) is 0 Å². The molecule has 1 aliphatic rings. The lowest BCUT2D eigenvalue weighted by Gasteiger charge is -2.22. The summed E-state index contributed by atoms with van der Waals surface area (Å²) in [5.41, 5.74) is -0.373. The Balaban J connectivity index is 1.94. The van der Waals surface area contributed by atoms with Crippen molar-refractivity contribution < 1.29 is 14.5 Å². The van der Waals surface area contributed by atoms with E-state index in [1.54, 1.807) is 0 Å². The monoisotopic (exact) mass is 312 g/mol. The smallest absolute Gasteiger partial charge is 0.300 e. The highest BCUT2D eigenvalue weighted by Gasteiger charge is 2.23. The zero-order chi connectivity index (χ0) is 15.2. The Bertz CT molecular complexity index is 530. The number of nitrogens with one attached hydrogen (secondary N) is 1. The van der Waals surface area contributed by atoms with E-state index in [1.165, 1.54) is 18.2 Å². The van der Waals surface area contributed by atoms with Gasteiger partial charge in [-0.25, -0.2) is 0 Å². The van der Waals surface area contributed by atoms with Crippen LogP contribution in [0.4, 0.5) is 5.69 Å². The summed E-state index contributed by atoms with van der Waals surface area (Å²) in [4.78, 5) is 22.4. The first kappa shape index (κ1) is 15.7. The summed E-state index contributed by atoms with van der Waals surface area (Å²) in [5, 5.41) is 13.6. The van der Waals surface area contributed by atoms with Gasteiger partial charge in [0.05, 0.1) is 11.0 Å². The molecule has 0 aliphatic carbocycles. The molecule has 1 saturated heterocycles. The van der Waals surface area contributed by atoms with Crippen molar-refractivity contribution in [3.63, 3.8) is 0 Å². The number of halogens is 1. The van der Waals surface area contributed by atoms with Gasteiger partial charge in [0.1, 0.15) is 10.6 Å². The van der Waals surface area contributed by atoms with Gasteiger partial charge >= 0.3 is 5.69 Å². The van der Waals surface area contributed by atoms with Crippen LogP contribution < -0.4 is 5.32 Å². The molecule has 1 amide bonds. The molecular weight excluding hydrogens is 296 g/mol. The van der Waals surface area contributed by atoms with Crippen molar-refractivity contribution in [1.82, 2.24) is 5.32 Å². The first-order valence-corrected chi connectivity index (χ1v) is 7.30. The molecule has 114 valence electrons. The number of rotatable bonds is 5. The molecule has 1 aromatic rings. The van der Waals surface area contributed by atoms with E-state index in [9.17, 15) is 14.9 Å². The molecule has 0 radical (unpaired) electrons. The van der Waals surface area contributed by atoms with Gasteiger partial charge in [0.25, 0.3) is 5.91 Å². The number of carbonyl (C=O) groups excluding carboxylic acids is 1. The molecule has 1 unspecified atom stereocenters. The Morgan fingerprint density at radius 1 is 1.48 bits per heavy atom. The Morgan fingerprint density at radius 3 is 2.95 bits per heavy atom. The molecule has 1 aromatic carbocycles. The maximum atomic E-state index is 12.0. The summed E-state index contributed by atoms with van der Waals surface area (Å²) in [6.45, 7) is 1.19. The lowest BCUT2D eigenvalue weighted by atomic mass is 10.1. The number of hydrogen-bond acceptors (Lipinski definition) is 4. The number of hydrogen-bond donors (Lipinski definition) is 1. The SMILES string of the molecule is O=C(NCCC1CCCCO1)c1cccc(Cl)c1[N+](=O)[O-]. The van der Waals surface area contributed by atoms with Crippen molar-refractivity contribution in [2.75, 3.05) is 13.2 Å². The number of carbonyl (C=O) groups is 1. The van der Waals surface area contributed by atoms with Crippen molar-refractivity contribution in [2.45, 2.75) is 31.8 Å². The molecule has 1 atom stereocenters. The van der Waals surface area contributed by atoms with Crippen LogP contribution in [-0.2, 0) is 4.74 Å². The summed E-state index contributed by atoms with van der Waals surface area (Å²) in [6, 6.07) is 4.32. The van der Waals surface area contributed by atoms with Gasteiger partial charge in [0, 0.05) is 13.2 Å². The summed E-state index contributed by atoms with van der Waals surface area (Å²) in [6.07, 6.45) is 4.08. The highest BCUT2D eigenvalue weighted by molar-refractivity contribution is 6.33. The van der Waals surface area contributed by atoms with E-state index < -0.39 is 10.8 Å². The number of amides is 1. The predicted molar refractivity (Wildman–Crippen MR) is 78.6 cm³/mol. The Morgan fingerprint density at radius 2 is 2.29 bits per heavy atom. The molecule has 0 aromatic heterocycles. The van der Waals surface area contributed by atoms with Crippen molar-refractivity contribution in [2.24, 2.45) is 0 Å². The van der Waals surface area contributed by atoms with E-state index in [-0.39, 0.29) is 22.4 Å². The van der Waals surface area contributed by atoms with E-state index in [1.807, 2.05) is 0 Å². The molecule has 1 N–H and O–H groups in total. The van der Waals surface area contributed by atoms with Crippen LogP contribution >= 0.6 is 11.6 Å². The normalized spacial score (nSPS) is 18.2. The van der Waals surface area contributed by atoms with Gasteiger partial charge in [-0.05, 0) is 37.8 Å². The van der Waals surface area contributed by atoms with Crippen LogP contribution in [-0.4, -0.2) is 30.1 Å². The maximum Gasteiger partial charge on any atom is 0.300 e. The van der Waals surface area contributed by atoms with Gasteiger partial charge in [-0.15, -0.1) is 0 Å². The minimum Gasteiger partial charge on any atom is -0.378 e. The lowest BCUT2D eigenvalue weighted by Crippen LogP contribution is -2.29. The van der Waals surface area contributed by atoms with Crippen molar-refractivity contribution in [3.05, 3.63) is 38.9 Å². The van der Waals surface area contributed by atoms with Crippen LogP contribution in [0.25, 0.3) is 0 Å². The zero-order valence-electron chi connectivity index (χ0n) is 11.5. The second-order valence-corrected chi connectivity index (χ2v) is 5.33. The third kappa shape index (κ3) is 4.15. The molecule has 6 nitrogen and oxygen atoms in total. The van der Waals surface area contributed by atoms with Gasteiger partial charge < -0.3 is 10.1 Å². The number of para-hydroxylation sites is 1. The third-order valence-electron chi connectivity index (χ3n) is 3.44. The molecule has 1 fully saturated rings. The van der Waals surface area contributed by atoms with E-state index in [2.05, 4.69) is 5.32 Å². The van der Waals surface area contributed by atoms with E-state index in [0.29, 0.717) is 13.0 Å². The molecule has 0 bridgehead atoms. The van der Waals surface area contributed by atoms with E-state index >= 15 is 0 Å². The topological polar surface area (TPSA) is 81.5 Å². The standard InChI is InChI=1S/C14H17ClN2O4/c15-12-6-3-5-11(13(12)17(19)20)14(18)16-8-7-10-4-1-2-9-21-10/h3,5-6,10H,1-2,4,7-9H2,(H,16,18). The molecule has 2 rings (SSSR count). The first-order chi connectivity index (χ1) is 10.1. The first-order valence-electron chi connectivity index (χ1n) is 6.92. The van der Waals surface area contributed by atoms with Crippen molar-refractivity contribution in [1.29, 1.82) is 0 Å². The third-order valence-corrected chi connectivity index (χ3v) is 3.74. The molecular formula is C14H17ClN2O4. The second kappa shape index (κ2) is 7.38. The maximum absolute atomic E-state index is 12.0. The molecule has 1 heterocycles. The molecule has 1 aliphatic heterocycles. The van der Waals surface area contributed by atoms with Gasteiger partial charge in [-0.3, -0.25) is 14.9 Å². The molecule has 7 heteroatoms. The minimum absolute atomic E-state index is 0.0166. The number of nitro groups is 1. The Kier molecular flexibility index (Phi) is 5.52. The van der Waals surface area contributed by atoms with Gasteiger partial charge in [0.15, 0.2) is 0 Å². The lowest BCUT2D eigenvalue weighted by molar-refractivity contribution is -0.385. The van der Waals surface area contributed by atoms with E-state index in [0.717, 1.165) is 25.9 Å². The second-order valence-electron chi connectivity index (χ2n) is 4.93. The van der Waals surface area contributed by atoms with Gasteiger partial charge in [-0.2, -0.15) is 0 Å². The number of nitro benzene ring substituents is 1. The Hall–Kier alpha value is -1.66. The summed E-state index contributed by atoms with van der Waals surface area (Å²) in [7, 11) is 0. The van der Waals surface area contributed by atoms with E-state index in [4.69, 9.17) is 16.3 Å². The van der Waals surface area contributed by atoms with Crippen LogP contribution in [0.5, 0.6) is 0 Å². The van der Waals surface area contributed by atoms with Crippen molar-refractivity contribution in [3.8, 4) is 0 Å². The summed E-state index contributed by atoms with van der Waals surface area (Å²) >= 11 is 5.78. The quantitative estimate of drug-likeness (QED) is 0.669. The molecule has 0 saturated carbocycles. The fourth-order valence-corrected chi connectivity index (χ4v) is 2.60. The van der Waals surface area contributed by atoms with Crippen LogP contribution in [0, 0.1) is 10.1 Å². The Labute approximate surface area is 127 Å². The van der Waals surface area contributed by atoms with Crippen LogP contribution in [0.2, 0.25) is 5.02 Å². The number of ether oxygens (including phenoxy) is 1. The fraction of sp³-hybridized carbons (Fsp3) is 0.500. The van der Waals surface area contributed by atoms with Crippen LogP contribution in [0.1, 0.15) is 36.0 Å². The summed E-state index contributed by atoms with van der Waals surface area (Å²) < 4.78 is 5.57.